The lowest BCUT2D eigenvalue weighted by atomic mass is 10.2. The first-order chi connectivity index (χ1) is 7.79. The molecule has 0 aromatic rings. The van der Waals surface area contributed by atoms with E-state index < -0.39 is 0 Å². The van der Waals surface area contributed by atoms with Gasteiger partial charge in [-0.25, -0.2) is 0 Å². The molecule has 3 heteroatoms. The minimum atomic E-state index is 1.16. The molecule has 0 saturated carbocycles. The third kappa shape index (κ3) is 7.20. The van der Waals surface area contributed by atoms with E-state index in [2.05, 4.69) is 29.2 Å². The first-order valence-electron chi connectivity index (χ1n) is 6.87. The van der Waals surface area contributed by atoms with Gasteiger partial charge in [-0.3, -0.25) is 0 Å². The maximum atomic E-state index is 3.54. The minimum absolute atomic E-state index is 1.16. The largest absolute Gasteiger partial charge is 0.315 e. The molecule has 0 aliphatic carbocycles. The van der Waals surface area contributed by atoms with Gasteiger partial charge in [-0.05, 0) is 59.5 Å². The normalized spacial score (nSPS) is 18.9. The van der Waals surface area contributed by atoms with E-state index in [9.17, 15) is 0 Å². The summed E-state index contributed by atoms with van der Waals surface area (Å²) in [6.07, 6.45) is 6.94. The average molecular weight is 227 g/mol. The van der Waals surface area contributed by atoms with E-state index >= 15 is 0 Å². The minimum Gasteiger partial charge on any atom is -0.315 e. The van der Waals surface area contributed by atoms with Crippen molar-refractivity contribution in [2.45, 2.75) is 32.1 Å². The summed E-state index contributed by atoms with van der Waals surface area (Å²) in [4.78, 5) is 4.86. The van der Waals surface area contributed by atoms with Crippen molar-refractivity contribution >= 4 is 0 Å². The van der Waals surface area contributed by atoms with Gasteiger partial charge in [0, 0.05) is 13.1 Å². The topological polar surface area (TPSA) is 18.5 Å². The summed E-state index contributed by atoms with van der Waals surface area (Å²) >= 11 is 0. The van der Waals surface area contributed by atoms with Crippen molar-refractivity contribution in [3.05, 3.63) is 0 Å². The van der Waals surface area contributed by atoms with Crippen molar-refractivity contribution in [2.24, 2.45) is 0 Å². The predicted octanol–water partition coefficient (Wildman–Crippen LogP) is 1.40. The Bertz CT molecular complexity index is 151. The van der Waals surface area contributed by atoms with E-state index in [1.54, 1.807) is 0 Å². The molecule has 1 fully saturated rings. The van der Waals surface area contributed by atoms with Gasteiger partial charge in [0.05, 0.1) is 0 Å². The van der Waals surface area contributed by atoms with Crippen molar-refractivity contribution in [3.63, 3.8) is 0 Å². The summed E-state index contributed by atoms with van der Waals surface area (Å²) in [5.41, 5.74) is 0. The molecule has 0 bridgehead atoms. The fraction of sp³-hybridized carbons (Fsp3) is 1.00. The SMILES string of the molecule is CN(C)CCCNCCN1CCCCCC1. The summed E-state index contributed by atoms with van der Waals surface area (Å²) < 4.78 is 0. The lowest BCUT2D eigenvalue weighted by Gasteiger charge is -2.19. The molecule has 0 amide bonds. The molecule has 0 atom stereocenters. The first-order valence-corrected chi connectivity index (χ1v) is 6.87. The lowest BCUT2D eigenvalue weighted by Crippen LogP contribution is -2.33. The Morgan fingerprint density at radius 2 is 1.69 bits per heavy atom. The van der Waals surface area contributed by atoms with Crippen LogP contribution in [0, 0.1) is 0 Å². The number of hydrogen-bond acceptors (Lipinski definition) is 3. The average Bonchev–Trinajstić information content (AvgIpc) is 2.51. The molecule has 0 aromatic carbocycles. The zero-order valence-electron chi connectivity index (χ0n) is 11.2. The van der Waals surface area contributed by atoms with Gasteiger partial charge in [0.1, 0.15) is 0 Å². The van der Waals surface area contributed by atoms with Crippen molar-refractivity contribution in [2.75, 3.05) is 53.4 Å². The smallest absolute Gasteiger partial charge is 0.0107 e. The van der Waals surface area contributed by atoms with Crippen LogP contribution in [0.5, 0.6) is 0 Å². The van der Waals surface area contributed by atoms with Crippen molar-refractivity contribution < 1.29 is 0 Å². The Labute approximate surface area is 101 Å². The third-order valence-corrected chi connectivity index (χ3v) is 3.26. The zero-order chi connectivity index (χ0) is 11.6. The Balaban J connectivity index is 1.89. The van der Waals surface area contributed by atoms with Crippen LogP contribution >= 0.6 is 0 Å². The Kier molecular flexibility index (Phi) is 7.81. The van der Waals surface area contributed by atoms with Crippen LogP contribution in [-0.4, -0.2) is 63.2 Å². The van der Waals surface area contributed by atoms with Gasteiger partial charge in [0.2, 0.25) is 0 Å². The zero-order valence-corrected chi connectivity index (χ0v) is 11.2. The Morgan fingerprint density at radius 1 is 1.00 bits per heavy atom. The molecule has 1 N–H and O–H groups in total. The maximum absolute atomic E-state index is 3.54. The van der Waals surface area contributed by atoms with Crippen LogP contribution in [0.1, 0.15) is 32.1 Å². The molecule has 1 rings (SSSR count). The molecular weight excluding hydrogens is 198 g/mol. The van der Waals surface area contributed by atoms with Crippen LogP contribution in [0.15, 0.2) is 0 Å². The second kappa shape index (κ2) is 8.97. The monoisotopic (exact) mass is 227 g/mol. The van der Waals surface area contributed by atoms with Gasteiger partial charge in [0.15, 0.2) is 0 Å². The molecule has 1 aliphatic rings. The lowest BCUT2D eigenvalue weighted by molar-refractivity contribution is 0.283. The number of hydrogen-bond donors (Lipinski definition) is 1. The molecule has 16 heavy (non-hydrogen) atoms. The summed E-state index contributed by atoms with van der Waals surface area (Å²) in [7, 11) is 4.27. The number of nitrogens with zero attached hydrogens (tertiary/aromatic N) is 2. The molecule has 0 radical (unpaired) electrons. The van der Waals surface area contributed by atoms with Crippen LogP contribution in [0.2, 0.25) is 0 Å². The van der Waals surface area contributed by atoms with Gasteiger partial charge >= 0.3 is 0 Å². The van der Waals surface area contributed by atoms with E-state index in [1.807, 2.05) is 0 Å². The summed E-state index contributed by atoms with van der Waals surface area (Å²) in [6.45, 7) is 7.39. The molecule has 0 spiro atoms. The van der Waals surface area contributed by atoms with E-state index in [4.69, 9.17) is 0 Å². The molecule has 96 valence electrons. The van der Waals surface area contributed by atoms with E-state index in [0.717, 1.165) is 13.1 Å². The Hall–Kier alpha value is -0.120. The third-order valence-electron chi connectivity index (χ3n) is 3.26. The van der Waals surface area contributed by atoms with Gasteiger partial charge < -0.3 is 15.1 Å². The molecule has 1 saturated heterocycles. The molecule has 3 nitrogen and oxygen atoms in total. The highest BCUT2D eigenvalue weighted by atomic mass is 15.1. The second-order valence-corrected chi connectivity index (χ2v) is 5.16. The molecule has 1 aliphatic heterocycles. The summed E-state index contributed by atoms with van der Waals surface area (Å²) in [6, 6.07) is 0. The fourth-order valence-corrected chi connectivity index (χ4v) is 2.24. The molecule has 0 aromatic heterocycles. The first kappa shape index (κ1) is 13.9. The summed E-state index contributed by atoms with van der Waals surface area (Å²) in [5.74, 6) is 0. The summed E-state index contributed by atoms with van der Waals surface area (Å²) in [5, 5.41) is 3.54. The van der Waals surface area contributed by atoms with Gasteiger partial charge in [-0.2, -0.15) is 0 Å². The van der Waals surface area contributed by atoms with Crippen molar-refractivity contribution in [3.8, 4) is 0 Å². The molecule has 1 heterocycles. The van der Waals surface area contributed by atoms with Crippen LogP contribution in [0.3, 0.4) is 0 Å². The van der Waals surface area contributed by atoms with Crippen LogP contribution in [0.4, 0.5) is 0 Å². The molecule has 0 unspecified atom stereocenters. The highest BCUT2D eigenvalue weighted by molar-refractivity contribution is 4.64. The molecular formula is C13H29N3. The maximum Gasteiger partial charge on any atom is 0.0107 e. The number of nitrogens with one attached hydrogen (secondary N) is 1. The number of rotatable bonds is 7. The van der Waals surface area contributed by atoms with Gasteiger partial charge in [-0.15, -0.1) is 0 Å². The highest BCUT2D eigenvalue weighted by Crippen LogP contribution is 2.08. The standard InChI is InChI=1S/C13H29N3/c1-15(2)10-7-8-14-9-13-16-11-5-3-4-6-12-16/h14H,3-13H2,1-2H3. The predicted molar refractivity (Wildman–Crippen MR) is 70.9 cm³/mol. The van der Waals surface area contributed by atoms with Crippen LogP contribution in [-0.2, 0) is 0 Å². The van der Waals surface area contributed by atoms with Gasteiger partial charge in [0.25, 0.3) is 0 Å². The van der Waals surface area contributed by atoms with Crippen LogP contribution in [0.25, 0.3) is 0 Å². The fourth-order valence-electron chi connectivity index (χ4n) is 2.24. The number of likely N-dealkylation sites (tertiary alicyclic amines) is 1. The van der Waals surface area contributed by atoms with E-state index in [0.29, 0.717) is 0 Å². The highest BCUT2D eigenvalue weighted by Gasteiger charge is 2.07. The van der Waals surface area contributed by atoms with Crippen molar-refractivity contribution in [1.29, 1.82) is 0 Å². The van der Waals surface area contributed by atoms with E-state index in [1.165, 1.54) is 58.3 Å². The van der Waals surface area contributed by atoms with Crippen LogP contribution < -0.4 is 5.32 Å². The van der Waals surface area contributed by atoms with Gasteiger partial charge in [-0.1, -0.05) is 12.8 Å². The second-order valence-electron chi connectivity index (χ2n) is 5.16. The van der Waals surface area contributed by atoms with Crippen molar-refractivity contribution in [1.82, 2.24) is 15.1 Å². The Morgan fingerprint density at radius 3 is 2.31 bits per heavy atom. The van der Waals surface area contributed by atoms with E-state index in [-0.39, 0.29) is 0 Å². The quantitative estimate of drug-likeness (QED) is 0.663.